The maximum atomic E-state index is 12.2. The fraction of sp³-hybridized carbons (Fsp3) is 0.214. The second-order valence-corrected chi connectivity index (χ2v) is 5.06. The van der Waals surface area contributed by atoms with Gasteiger partial charge in [-0.2, -0.15) is 11.3 Å². The van der Waals surface area contributed by atoms with Gasteiger partial charge in [0.25, 0.3) is 0 Å². The number of carbonyl (C=O) groups is 1. The number of nitrogens with one attached hydrogen (secondary N) is 1. The summed E-state index contributed by atoms with van der Waals surface area (Å²) in [5, 5.41) is 7.19. The molecule has 0 spiro atoms. The molecule has 1 N–H and O–H groups in total. The first kappa shape index (κ1) is 10.7. The molecule has 3 heteroatoms. The van der Waals surface area contributed by atoms with Crippen LogP contribution in [-0.2, 0) is 13.0 Å². The Balaban J connectivity index is 1.83. The molecule has 0 amide bonds. The highest BCUT2D eigenvalue weighted by molar-refractivity contribution is 7.08. The molecule has 1 atom stereocenters. The maximum absolute atomic E-state index is 12.2. The minimum Gasteiger partial charge on any atom is -0.303 e. The fourth-order valence-electron chi connectivity index (χ4n) is 2.25. The fourth-order valence-corrected chi connectivity index (χ4v) is 2.89. The lowest BCUT2D eigenvalue weighted by Crippen LogP contribution is -2.41. The van der Waals surface area contributed by atoms with E-state index in [1.165, 1.54) is 11.1 Å². The summed E-state index contributed by atoms with van der Waals surface area (Å²) in [6, 6.07) is 10.1. The van der Waals surface area contributed by atoms with E-state index in [1.54, 1.807) is 11.3 Å². The van der Waals surface area contributed by atoms with Crippen molar-refractivity contribution in [3.05, 3.63) is 57.8 Å². The molecule has 2 aromatic rings. The molecule has 86 valence electrons. The van der Waals surface area contributed by atoms with Crippen molar-refractivity contribution in [3.8, 4) is 0 Å². The van der Waals surface area contributed by atoms with E-state index in [9.17, 15) is 4.79 Å². The standard InChI is InChI=1S/C14H13NOS/c16-14(12-5-6-17-9-12)13-7-10-3-1-2-4-11(10)8-15-13/h1-6,9,13,15H,7-8H2. The largest absolute Gasteiger partial charge is 0.303 e. The van der Waals surface area contributed by atoms with E-state index < -0.39 is 0 Å². The Morgan fingerprint density at radius 2 is 2.06 bits per heavy atom. The zero-order chi connectivity index (χ0) is 11.7. The van der Waals surface area contributed by atoms with E-state index in [0.717, 1.165) is 18.5 Å². The lowest BCUT2D eigenvalue weighted by molar-refractivity contribution is 0.0938. The van der Waals surface area contributed by atoms with Gasteiger partial charge in [0, 0.05) is 17.5 Å². The highest BCUT2D eigenvalue weighted by Crippen LogP contribution is 2.19. The van der Waals surface area contributed by atoms with Gasteiger partial charge < -0.3 is 5.32 Å². The summed E-state index contributed by atoms with van der Waals surface area (Å²) in [4.78, 5) is 12.2. The van der Waals surface area contributed by atoms with Gasteiger partial charge in [0.05, 0.1) is 6.04 Å². The second kappa shape index (κ2) is 4.43. The molecule has 1 aromatic heterocycles. The summed E-state index contributed by atoms with van der Waals surface area (Å²) in [5.74, 6) is 0.209. The third-order valence-electron chi connectivity index (χ3n) is 3.20. The van der Waals surface area contributed by atoms with Crippen LogP contribution in [0, 0.1) is 0 Å². The number of hydrogen-bond donors (Lipinski definition) is 1. The third-order valence-corrected chi connectivity index (χ3v) is 3.89. The van der Waals surface area contributed by atoms with Gasteiger partial charge >= 0.3 is 0 Å². The molecule has 1 aliphatic rings. The van der Waals surface area contributed by atoms with Gasteiger partial charge in [-0.3, -0.25) is 4.79 Å². The normalized spacial score (nSPS) is 18.7. The van der Waals surface area contributed by atoms with Gasteiger partial charge in [-0.1, -0.05) is 24.3 Å². The molecule has 2 heterocycles. The Hall–Kier alpha value is -1.45. The van der Waals surface area contributed by atoms with Crippen LogP contribution in [0.3, 0.4) is 0 Å². The van der Waals surface area contributed by atoms with E-state index in [4.69, 9.17) is 0 Å². The van der Waals surface area contributed by atoms with Crippen molar-refractivity contribution >= 4 is 17.1 Å². The lowest BCUT2D eigenvalue weighted by atomic mass is 9.92. The molecule has 1 unspecified atom stereocenters. The molecule has 1 aliphatic heterocycles. The average Bonchev–Trinajstić information content (AvgIpc) is 2.91. The predicted octanol–water partition coefficient (Wildman–Crippen LogP) is 2.65. The van der Waals surface area contributed by atoms with Crippen molar-refractivity contribution in [2.45, 2.75) is 19.0 Å². The van der Waals surface area contributed by atoms with E-state index in [-0.39, 0.29) is 11.8 Å². The third kappa shape index (κ3) is 2.04. The first-order valence-corrected chi connectivity index (χ1v) is 6.65. The maximum Gasteiger partial charge on any atom is 0.180 e. The van der Waals surface area contributed by atoms with Crippen molar-refractivity contribution in [3.63, 3.8) is 0 Å². The van der Waals surface area contributed by atoms with Crippen LogP contribution in [0.15, 0.2) is 41.1 Å². The monoisotopic (exact) mass is 243 g/mol. The summed E-state index contributed by atoms with van der Waals surface area (Å²) in [5.41, 5.74) is 3.42. The average molecular weight is 243 g/mol. The molecule has 0 saturated carbocycles. The quantitative estimate of drug-likeness (QED) is 0.822. The summed E-state index contributed by atoms with van der Waals surface area (Å²) in [7, 11) is 0. The van der Waals surface area contributed by atoms with Crippen molar-refractivity contribution in [2.24, 2.45) is 0 Å². The van der Waals surface area contributed by atoms with Crippen LogP contribution in [-0.4, -0.2) is 11.8 Å². The van der Waals surface area contributed by atoms with E-state index >= 15 is 0 Å². The van der Waals surface area contributed by atoms with Crippen LogP contribution in [0.5, 0.6) is 0 Å². The van der Waals surface area contributed by atoms with Crippen LogP contribution >= 0.6 is 11.3 Å². The molecule has 0 saturated heterocycles. The first-order valence-electron chi connectivity index (χ1n) is 5.71. The van der Waals surface area contributed by atoms with Gasteiger partial charge in [-0.25, -0.2) is 0 Å². The van der Waals surface area contributed by atoms with Crippen molar-refractivity contribution < 1.29 is 4.79 Å². The predicted molar refractivity (Wildman–Crippen MR) is 69.4 cm³/mol. The molecule has 0 bridgehead atoms. The highest BCUT2D eigenvalue weighted by Gasteiger charge is 2.24. The van der Waals surface area contributed by atoms with Crippen LogP contribution < -0.4 is 5.32 Å². The number of carbonyl (C=O) groups excluding carboxylic acids is 1. The van der Waals surface area contributed by atoms with Crippen molar-refractivity contribution in [2.75, 3.05) is 0 Å². The van der Waals surface area contributed by atoms with E-state index in [2.05, 4.69) is 17.4 Å². The van der Waals surface area contributed by atoms with Crippen LogP contribution in [0.25, 0.3) is 0 Å². The van der Waals surface area contributed by atoms with Crippen LogP contribution in [0.2, 0.25) is 0 Å². The SMILES string of the molecule is O=C(c1ccsc1)C1Cc2ccccc2CN1. The van der Waals surface area contributed by atoms with Gasteiger partial charge in [0.15, 0.2) is 5.78 Å². The Labute approximate surface area is 104 Å². The van der Waals surface area contributed by atoms with Crippen molar-refractivity contribution in [1.82, 2.24) is 5.32 Å². The van der Waals surface area contributed by atoms with Gasteiger partial charge in [-0.05, 0) is 29.0 Å². The molecule has 17 heavy (non-hydrogen) atoms. The minimum atomic E-state index is -0.0699. The Kier molecular flexibility index (Phi) is 2.79. The zero-order valence-corrected chi connectivity index (χ0v) is 10.2. The number of rotatable bonds is 2. The second-order valence-electron chi connectivity index (χ2n) is 4.28. The Bertz CT molecular complexity index is 533. The van der Waals surface area contributed by atoms with Crippen molar-refractivity contribution in [1.29, 1.82) is 0 Å². The number of hydrogen-bond acceptors (Lipinski definition) is 3. The molecule has 0 fully saturated rings. The molecule has 2 nitrogen and oxygen atoms in total. The summed E-state index contributed by atoms with van der Waals surface area (Å²) < 4.78 is 0. The number of benzene rings is 1. The smallest absolute Gasteiger partial charge is 0.180 e. The molecule has 0 aliphatic carbocycles. The number of ketones is 1. The lowest BCUT2D eigenvalue weighted by Gasteiger charge is -2.24. The van der Waals surface area contributed by atoms with Gasteiger partial charge in [0.2, 0.25) is 0 Å². The van der Waals surface area contributed by atoms with E-state index in [0.29, 0.717) is 0 Å². The number of Topliss-reactive ketones (excluding diaryl/α,β-unsaturated/α-hetero) is 1. The molecule has 0 radical (unpaired) electrons. The summed E-state index contributed by atoms with van der Waals surface area (Å²) >= 11 is 1.57. The molecular weight excluding hydrogens is 230 g/mol. The zero-order valence-electron chi connectivity index (χ0n) is 9.35. The van der Waals surface area contributed by atoms with Gasteiger partial charge in [0.1, 0.15) is 0 Å². The molecule has 1 aromatic carbocycles. The number of fused-ring (bicyclic) bond motifs is 1. The molecule has 3 rings (SSSR count). The van der Waals surface area contributed by atoms with Crippen LogP contribution in [0.4, 0.5) is 0 Å². The van der Waals surface area contributed by atoms with Gasteiger partial charge in [-0.15, -0.1) is 0 Å². The minimum absolute atomic E-state index is 0.0699. The highest BCUT2D eigenvalue weighted by atomic mass is 32.1. The first-order chi connectivity index (χ1) is 8.34. The molecular formula is C14H13NOS. The summed E-state index contributed by atoms with van der Waals surface area (Å²) in [6.07, 6.45) is 0.796. The Morgan fingerprint density at radius 3 is 2.82 bits per heavy atom. The topological polar surface area (TPSA) is 29.1 Å². The van der Waals surface area contributed by atoms with E-state index in [1.807, 2.05) is 29.0 Å². The number of thiophene rings is 1. The Morgan fingerprint density at radius 1 is 1.24 bits per heavy atom. The van der Waals surface area contributed by atoms with Crippen LogP contribution in [0.1, 0.15) is 21.5 Å². The summed E-state index contributed by atoms with van der Waals surface area (Å²) in [6.45, 7) is 0.788.